The highest BCUT2D eigenvalue weighted by atomic mass is 79.9. The first-order chi connectivity index (χ1) is 9.04. The fraction of sp³-hybridized carbons (Fsp3) is 0.133. The summed E-state index contributed by atoms with van der Waals surface area (Å²) in [7, 11) is 0. The van der Waals surface area contributed by atoms with Gasteiger partial charge in [0.2, 0.25) is 0 Å². The van der Waals surface area contributed by atoms with Gasteiger partial charge < -0.3 is 4.90 Å². The molecule has 2 aromatic rings. The quantitative estimate of drug-likeness (QED) is 0.836. The van der Waals surface area contributed by atoms with Crippen LogP contribution in [0, 0.1) is 18.2 Å². The third-order valence-electron chi connectivity index (χ3n) is 3.26. The Morgan fingerprint density at radius 3 is 2.74 bits per heavy atom. The van der Waals surface area contributed by atoms with Crippen molar-refractivity contribution in [3.63, 3.8) is 0 Å². The molecule has 0 amide bonds. The Kier molecular flexibility index (Phi) is 2.90. The molecule has 1 aliphatic rings. The summed E-state index contributed by atoms with van der Waals surface area (Å²) in [6.45, 7) is 2.63. The molecule has 19 heavy (non-hydrogen) atoms. The van der Waals surface area contributed by atoms with Crippen LogP contribution < -0.4 is 4.90 Å². The number of nitrogens with zero attached hydrogens (tertiary/aromatic N) is 1. The lowest BCUT2D eigenvalue weighted by molar-refractivity contribution is 0.627. The highest BCUT2D eigenvalue weighted by Gasteiger charge is 2.25. The zero-order valence-electron chi connectivity index (χ0n) is 10.4. The van der Waals surface area contributed by atoms with Gasteiger partial charge in [0.1, 0.15) is 11.7 Å². The van der Waals surface area contributed by atoms with E-state index in [2.05, 4.69) is 15.9 Å². The van der Waals surface area contributed by atoms with E-state index in [1.54, 1.807) is 6.07 Å². The van der Waals surface area contributed by atoms with Crippen molar-refractivity contribution in [1.82, 2.24) is 0 Å². The Morgan fingerprint density at radius 1 is 1.21 bits per heavy atom. The van der Waals surface area contributed by atoms with Gasteiger partial charge in [-0.25, -0.2) is 4.39 Å². The molecule has 2 aromatic carbocycles. The number of hydrogen-bond donors (Lipinski definition) is 1. The summed E-state index contributed by atoms with van der Waals surface area (Å²) >= 11 is 3.47. The molecular weight excluding hydrogens is 307 g/mol. The topological polar surface area (TPSA) is 27.1 Å². The summed E-state index contributed by atoms with van der Waals surface area (Å²) in [4.78, 5) is 1.89. The van der Waals surface area contributed by atoms with E-state index in [-0.39, 0.29) is 5.82 Å². The van der Waals surface area contributed by atoms with Crippen LogP contribution in [0.3, 0.4) is 0 Å². The van der Waals surface area contributed by atoms with E-state index in [9.17, 15) is 4.39 Å². The van der Waals surface area contributed by atoms with Crippen LogP contribution in [-0.4, -0.2) is 5.84 Å². The first kappa shape index (κ1) is 12.4. The number of anilines is 1. The van der Waals surface area contributed by atoms with Gasteiger partial charge >= 0.3 is 0 Å². The second kappa shape index (κ2) is 4.46. The number of nitrogens with one attached hydrogen (secondary N) is 1. The first-order valence-corrected chi connectivity index (χ1v) is 6.76. The summed E-state index contributed by atoms with van der Waals surface area (Å²) in [5.74, 6) is 0.0581. The van der Waals surface area contributed by atoms with Gasteiger partial charge in [0.05, 0.1) is 6.54 Å². The number of rotatable bonds is 1. The van der Waals surface area contributed by atoms with Crippen LogP contribution in [0.2, 0.25) is 0 Å². The van der Waals surface area contributed by atoms with Crippen LogP contribution in [0.15, 0.2) is 40.9 Å². The maximum Gasteiger partial charge on any atom is 0.133 e. The van der Waals surface area contributed by atoms with Crippen molar-refractivity contribution in [2.45, 2.75) is 13.5 Å². The maximum absolute atomic E-state index is 13.3. The number of hydrogen-bond acceptors (Lipinski definition) is 1. The number of amidine groups is 1. The zero-order chi connectivity index (χ0) is 13.6. The van der Waals surface area contributed by atoms with Crippen LogP contribution in [0.5, 0.6) is 0 Å². The van der Waals surface area contributed by atoms with Gasteiger partial charge in [-0.3, -0.25) is 5.41 Å². The molecule has 0 aliphatic carbocycles. The van der Waals surface area contributed by atoms with Gasteiger partial charge in [0.25, 0.3) is 0 Å². The Morgan fingerprint density at radius 2 is 2.00 bits per heavy atom. The van der Waals surface area contributed by atoms with E-state index in [4.69, 9.17) is 5.41 Å². The molecule has 2 nitrogen and oxygen atoms in total. The van der Waals surface area contributed by atoms with E-state index >= 15 is 0 Å². The highest BCUT2D eigenvalue weighted by Crippen LogP contribution is 2.31. The molecule has 96 valence electrons. The molecule has 0 spiro atoms. The SMILES string of the molecule is Cc1cc(Br)cc(N2Cc3ccc(F)cc3C2=N)c1. The number of halogens is 2. The maximum atomic E-state index is 13.3. The molecule has 4 heteroatoms. The average molecular weight is 319 g/mol. The molecule has 0 saturated heterocycles. The third-order valence-corrected chi connectivity index (χ3v) is 3.72. The molecule has 0 aromatic heterocycles. The standard InChI is InChI=1S/C15H12BrFN2/c1-9-4-11(16)6-13(5-9)19-8-10-2-3-12(17)7-14(10)15(19)18/h2-7,18H,8H2,1H3. The largest absolute Gasteiger partial charge is 0.322 e. The van der Waals surface area contributed by atoms with E-state index in [1.165, 1.54) is 12.1 Å². The minimum atomic E-state index is -0.296. The van der Waals surface area contributed by atoms with Crippen LogP contribution in [0.1, 0.15) is 16.7 Å². The van der Waals surface area contributed by atoms with Gasteiger partial charge in [0, 0.05) is 15.7 Å². The molecule has 0 atom stereocenters. The smallest absolute Gasteiger partial charge is 0.133 e. The van der Waals surface area contributed by atoms with E-state index in [0.29, 0.717) is 17.9 Å². The van der Waals surface area contributed by atoms with Crippen molar-refractivity contribution < 1.29 is 4.39 Å². The van der Waals surface area contributed by atoms with Crippen molar-refractivity contribution in [3.05, 3.63) is 63.4 Å². The number of fused-ring (bicyclic) bond motifs is 1. The van der Waals surface area contributed by atoms with Crippen molar-refractivity contribution in [2.24, 2.45) is 0 Å². The summed E-state index contributed by atoms with van der Waals surface area (Å²) in [6, 6.07) is 10.7. The average Bonchev–Trinajstić information content (AvgIpc) is 2.66. The monoisotopic (exact) mass is 318 g/mol. The Balaban J connectivity index is 2.04. The predicted octanol–water partition coefficient (Wildman–Crippen LogP) is 4.24. The van der Waals surface area contributed by atoms with E-state index < -0.39 is 0 Å². The van der Waals surface area contributed by atoms with Gasteiger partial charge in [-0.15, -0.1) is 0 Å². The van der Waals surface area contributed by atoms with Gasteiger partial charge in [0.15, 0.2) is 0 Å². The zero-order valence-corrected chi connectivity index (χ0v) is 12.0. The summed E-state index contributed by atoms with van der Waals surface area (Å²) in [5.41, 5.74) is 3.74. The normalized spacial score (nSPS) is 13.8. The summed E-state index contributed by atoms with van der Waals surface area (Å²) in [5, 5.41) is 8.21. The van der Waals surface area contributed by atoms with Crippen molar-refractivity contribution in [2.75, 3.05) is 4.90 Å². The minimum Gasteiger partial charge on any atom is -0.322 e. The molecule has 0 unspecified atom stereocenters. The Bertz CT molecular complexity index is 662. The minimum absolute atomic E-state index is 0.296. The van der Waals surface area contributed by atoms with Crippen LogP contribution in [0.4, 0.5) is 10.1 Å². The van der Waals surface area contributed by atoms with Crippen molar-refractivity contribution in [1.29, 1.82) is 5.41 Å². The highest BCUT2D eigenvalue weighted by molar-refractivity contribution is 9.10. The van der Waals surface area contributed by atoms with Gasteiger partial charge in [-0.2, -0.15) is 0 Å². The molecule has 0 bridgehead atoms. The molecular formula is C15H12BrFN2. The van der Waals surface area contributed by atoms with Crippen molar-refractivity contribution >= 4 is 27.5 Å². The molecule has 1 aliphatic heterocycles. The first-order valence-electron chi connectivity index (χ1n) is 5.97. The summed E-state index contributed by atoms with van der Waals surface area (Å²) in [6.07, 6.45) is 0. The lowest BCUT2D eigenvalue weighted by atomic mass is 10.1. The summed E-state index contributed by atoms with van der Waals surface area (Å²) < 4.78 is 14.3. The predicted molar refractivity (Wildman–Crippen MR) is 78.3 cm³/mol. The van der Waals surface area contributed by atoms with Gasteiger partial charge in [-0.1, -0.05) is 22.0 Å². The lowest BCUT2D eigenvalue weighted by Gasteiger charge is -2.19. The van der Waals surface area contributed by atoms with Crippen LogP contribution in [0.25, 0.3) is 0 Å². The lowest BCUT2D eigenvalue weighted by Crippen LogP contribution is -2.23. The van der Waals surface area contributed by atoms with E-state index in [0.717, 1.165) is 21.3 Å². The molecule has 3 rings (SSSR count). The second-order valence-electron chi connectivity index (χ2n) is 4.72. The molecule has 1 heterocycles. The molecule has 0 radical (unpaired) electrons. The van der Waals surface area contributed by atoms with Gasteiger partial charge in [-0.05, 0) is 48.4 Å². The molecule has 1 N–H and O–H groups in total. The van der Waals surface area contributed by atoms with Crippen LogP contribution >= 0.6 is 15.9 Å². The second-order valence-corrected chi connectivity index (χ2v) is 5.64. The van der Waals surface area contributed by atoms with E-state index in [1.807, 2.05) is 30.0 Å². The Hall–Kier alpha value is -1.68. The Labute approximate surface area is 119 Å². The van der Waals surface area contributed by atoms with Crippen molar-refractivity contribution in [3.8, 4) is 0 Å². The molecule has 0 saturated carbocycles. The third kappa shape index (κ3) is 2.16. The fourth-order valence-electron chi connectivity index (χ4n) is 2.40. The fourth-order valence-corrected chi connectivity index (χ4v) is 2.99. The molecule has 0 fully saturated rings. The number of aryl methyl sites for hydroxylation is 1. The number of benzene rings is 2. The van der Waals surface area contributed by atoms with Crippen LogP contribution in [-0.2, 0) is 6.54 Å².